The van der Waals surface area contributed by atoms with Crippen LogP contribution in [-0.4, -0.2) is 34.0 Å². The highest BCUT2D eigenvalue weighted by atomic mass is 32.2. The van der Waals surface area contributed by atoms with Gasteiger partial charge >= 0.3 is 0 Å². The van der Waals surface area contributed by atoms with Gasteiger partial charge in [0, 0.05) is 11.6 Å². The molecule has 0 unspecified atom stereocenters. The van der Waals surface area contributed by atoms with Crippen LogP contribution in [0.25, 0.3) is 11.5 Å². The summed E-state index contributed by atoms with van der Waals surface area (Å²) < 4.78 is 23.3. The van der Waals surface area contributed by atoms with Crippen molar-refractivity contribution in [3.05, 3.63) is 48.4 Å². The van der Waals surface area contributed by atoms with Gasteiger partial charge in [-0.3, -0.25) is 4.79 Å². The molecule has 3 aromatic rings. The van der Waals surface area contributed by atoms with E-state index in [9.17, 15) is 9.18 Å². The van der Waals surface area contributed by atoms with E-state index in [1.165, 1.54) is 25.4 Å². The molecule has 1 N–H and O–H groups in total. The van der Waals surface area contributed by atoms with Gasteiger partial charge in [0.2, 0.25) is 17.7 Å². The maximum Gasteiger partial charge on any atom is 0.277 e. The van der Waals surface area contributed by atoms with Crippen molar-refractivity contribution in [2.75, 3.05) is 18.2 Å². The lowest BCUT2D eigenvalue weighted by molar-refractivity contribution is -0.113. The number of hydrogen-bond donors (Lipinski definition) is 1. The normalized spacial score (nSPS) is 10.5. The van der Waals surface area contributed by atoms with Crippen LogP contribution >= 0.6 is 11.8 Å². The van der Waals surface area contributed by atoms with E-state index >= 15 is 0 Å². The molecule has 128 valence electrons. The number of hydrogen-bond acceptors (Lipinski definition) is 7. The Hall–Kier alpha value is -2.94. The number of thioether (sulfide) groups is 1. The van der Waals surface area contributed by atoms with Crippen LogP contribution < -0.4 is 10.1 Å². The van der Waals surface area contributed by atoms with Crippen LogP contribution in [0, 0.1) is 5.82 Å². The molecule has 0 aliphatic rings. The minimum absolute atomic E-state index is 0.0943. The number of benzene rings is 1. The van der Waals surface area contributed by atoms with E-state index in [0.717, 1.165) is 11.8 Å². The van der Waals surface area contributed by atoms with Crippen LogP contribution in [0.4, 0.5) is 10.1 Å². The molecule has 7 nitrogen and oxygen atoms in total. The highest BCUT2D eigenvalue weighted by molar-refractivity contribution is 7.99. The molecule has 0 spiro atoms. The highest BCUT2D eigenvalue weighted by Gasteiger charge is 2.11. The molecular formula is C16H13FN4O3S. The summed E-state index contributed by atoms with van der Waals surface area (Å²) in [6.07, 6.45) is 1.50. The van der Waals surface area contributed by atoms with Crippen molar-refractivity contribution in [2.45, 2.75) is 5.22 Å². The van der Waals surface area contributed by atoms with Crippen LogP contribution in [-0.2, 0) is 4.79 Å². The second kappa shape index (κ2) is 7.75. The molecule has 2 heterocycles. The van der Waals surface area contributed by atoms with E-state index in [0.29, 0.717) is 17.1 Å². The zero-order valence-corrected chi connectivity index (χ0v) is 13.9. The lowest BCUT2D eigenvalue weighted by atomic mass is 10.2. The lowest BCUT2D eigenvalue weighted by Crippen LogP contribution is -2.14. The largest absolute Gasteiger partial charge is 0.481 e. The molecule has 0 radical (unpaired) electrons. The lowest BCUT2D eigenvalue weighted by Gasteiger charge is -2.04. The van der Waals surface area contributed by atoms with E-state index in [4.69, 9.17) is 9.15 Å². The molecule has 9 heteroatoms. The number of pyridine rings is 1. The number of halogens is 1. The van der Waals surface area contributed by atoms with E-state index in [2.05, 4.69) is 20.5 Å². The van der Waals surface area contributed by atoms with Crippen LogP contribution in [0.15, 0.2) is 52.2 Å². The first-order valence-corrected chi connectivity index (χ1v) is 8.15. The van der Waals surface area contributed by atoms with Crippen LogP contribution in [0.1, 0.15) is 0 Å². The summed E-state index contributed by atoms with van der Waals surface area (Å²) >= 11 is 1.10. The van der Waals surface area contributed by atoms with Crippen LogP contribution in [0.5, 0.6) is 5.88 Å². The SMILES string of the molecule is COc1ccc(NC(=O)CSc2nnc(-c3ccc(F)cc3)o2)cn1. The van der Waals surface area contributed by atoms with Crippen molar-refractivity contribution < 1.29 is 18.3 Å². The van der Waals surface area contributed by atoms with E-state index < -0.39 is 0 Å². The molecule has 0 aliphatic heterocycles. The Kier molecular flexibility index (Phi) is 5.24. The molecule has 3 rings (SSSR count). The molecule has 0 bridgehead atoms. The van der Waals surface area contributed by atoms with Crippen molar-refractivity contribution in [2.24, 2.45) is 0 Å². The molecule has 2 aromatic heterocycles. The highest BCUT2D eigenvalue weighted by Crippen LogP contribution is 2.23. The smallest absolute Gasteiger partial charge is 0.277 e. The third-order valence-corrected chi connectivity index (χ3v) is 3.87. The quantitative estimate of drug-likeness (QED) is 0.676. The molecule has 0 saturated carbocycles. The molecule has 25 heavy (non-hydrogen) atoms. The third kappa shape index (κ3) is 4.54. The average molecular weight is 360 g/mol. The van der Waals surface area contributed by atoms with E-state index in [1.54, 1.807) is 24.3 Å². The number of carbonyl (C=O) groups is 1. The third-order valence-electron chi connectivity index (χ3n) is 3.05. The summed E-state index contributed by atoms with van der Waals surface area (Å²) in [5, 5.41) is 10.7. The summed E-state index contributed by atoms with van der Waals surface area (Å²) in [5.41, 5.74) is 1.17. The number of amides is 1. The van der Waals surface area contributed by atoms with Gasteiger partial charge in [0.25, 0.3) is 5.22 Å². The summed E-state index contributed by atoms with van der Waals surface area (Å²) in [6, 6.07) is 9.04. The number of nitrogens with one attached hydrogen (secondary N) is 1. The van der Waals surface area contributed by atoms with Gasteiger partial charge in [0.1, 0.15) is 5.82 Å². The summed E-state index contributed by atoms with van der Waals surface area (Å²) in [7, 11) is 1.52. The topological polar surface area (TPSA) is 90.1 Å². The maximum absolute atomic E-state index is 12.9. The number of carbonyl (C=O) groups excluding carboxylic acids is 1. The first kappa shape index (κ1) is 16.9. The van der Waals surface area contributed by atoms with Crippen molar-refractivity contribution in [3.8, 4) is 17.3 Å². The summed E-state index contributed by atoms with van der Waals surface area (Å²) in [4.78, 5) is 15.9. The molecule has 1 amide bonds. The van der Waals surface area contributed by atoms with Gasteiger partial charge in [0.05, 0.1) is 24.7 Å². The molecule has 0 atom stereocenters. The average Bonchev–Trinajstić information content (AvgIpc) is 3.10. The van der Waals surface area contributed by atoms with Crippen LogP contribution in [0.2, 0.25) is 0 Å². The Morgan fingerprint density at radius 1 is 1.24 bits per heavy atom. The number of nitrogens with zero attached hydrogens (tertiary/aromatic N) is 3. The fraction of sp³-hybridized carbons (Fsp3) is 0.125. The molecular weight excluding hydrogens is 347 g/mol. The Morgan fingerprint density at radius 2 is 2.04 bits per heavy atom. The molecule has 0 saturated heterocycles. The fourth-order valence-electron chi connectivity index (χ4n) is 1.88. The number of aromatic nitrogens is 3. The minimum atomic E-state index is -0.345. The second-order valence-corrected chi connectivity index (χ2v) is 5.73. The number of rotatable bonds is 6. The van der Waals surface area contributed by atoms with Crippen molar-refractivity contribution in [1.29, 1.82) is 0 Å². The number of methoxy groups -OCH3 is 1. The van der Waals surface area contributed by atoms with Gasteiger partial charge in [-0.05, 0) is 30.3 Å². The second-order valence-electron chi connectivity index (χ2n) is 4.81. The molecule has 1 aromatic carbocycles. The zero-order chi connectivity index (χ0) is 17.6. The Morgan fingerprint density at radius 3 is 2.72 bits per heavy atom. The number of ether oxygens (including phenoxy) is 1. The van der Waals surface area contributed by atoms with E-state index in [-0.39, 0.29) is 28.6 Å². The van der Waals surface area contributed by atoms with Crippen LogP contribution in [0.3, 0.4) is 0 Å². The van der Waals surface area contributed by atoms with Crippen molar-refractivity contribution >= 4 is 23.4 Å². The van der Waals surface area contributed by atoms with Gasteiger partial charge in [-0.2, -0.15) is 0 Å². The predicted molar refractivity (Wildman–Crippen MR) is 89.8 cm³/mol. The summed E-state index contributed by atoms with van der Waals surface area (Å²) in [5.74, 6) is 0.242. The van der Waals surface area contributed by atoms with Gasteiger partial charge in [-0.15, -0.1) is 10.2 Å². The Labute approximate surface area is 146 Å². The van der Waals surface area contributed by atoms with Gasteiger partial charge in [-0.25, -0.2) is 9.37 Å². The Balaban J connectivity index is 1.54. The zero-order valence-electron chi connectivity index (χ0n) is 13.1. The predicted octanol–water partition coefficient (Wildman–Crippen LogP) is 3.01. The first-order chi connectivity index (χ1) is 12.1. The van der Waals surface area contributed by atoms with Gasteiger partial charge in [-0.1, -0.05) is 11.8 Å². The summed E-state index contributed by atoms with van der Waals surface area (Å²) in [6.45, 7) is 0. The van der Waals surface area contributed by atoms with E-state index in [1.807, 2.05) is 0 Å². The first-order valence-electron chi connectivity index (χ1n) is 7.16. The van der Waals surface area contributed by atoms with Crippen molar-refractivity contribution in [3.63, 3.8) is 0 Å². The molecule has 0 fully saturated rings. The maximum atomic E-state index is 12.9. The standard InChI is InChI=1S/C16H13FN4O3S/c1-23-14-7-6-12(8-18-14)19-13(22)9-25-16-21-20-15(24-16)10-2-4-11(17)5-3-10/h2-8H,9H2,1H3,(H,19,22). The fourth-order valence-corrected chi connectivity index (χ4v) is 2.44. The minimum Gasteiger partial charge on any atom is -0.481 e. The monoisotopic (exact) mass is 360 g/mol. The van der Waals surface area contributed by atoms with Crippen molar-refractivity contribution in [1.82, 2.24) is 15.2 Å². The Bertz CT molecular complexity index is 853. The van der Waals surface area contributed by atoms with Gasteiger partial charge in [0.15, 0.2) is 0 Å². The molecule has 0 aliphatic carbocycles. The van der Waals surface area contributed by atoms with Gasteiger partial charge < -0.3 is 14.5 Å². The number of anilines is 1.